The number of aliphatic hydroxyl groups excluding tert-OH is 1. The standard InChI is InChI=1S/C12H24O2.C11H24O.C11H22O.C6H12O2/c1-2-3-4-5-6-7-8-9-10-11-12(13)14;2*1-3-5-7-9-11(12)10-8-6-4-2;1-2-3-4-5-6(7)8/h2-11H2,1H3,(H,13,14);11-12H,3-10H2,1-2H3;3-10H2,1-2H3;2-5H2,1H3,(H,7,8). The molecular formula is C40H82O6. The van der Waals surface area contributed by atoms with Gasteiger partial charge in [-0.1, -0.05) is 170 Å². The summed E-state index contributed by atoms with van der Waals surface area (Å²) in [6, 6.07) is 0. The second-order valence-corrected chi connectivity index (χ2v) is 12.9. The van der Waals surface area contributed by atoms with Gasteiger partial charge in [0.25, 0.3) is 0 Å². The summed E-state index contributed by atoms with van der Waals surface area (Å²) in [7, 11) is 0. The summed E-state index contributed by atoms with van der Waals surface area (Å²) in [4.78, 5) is 31.3. The minimum Gasteiger partial charge on any atom is -0.481 e. The highest BCUT2D eigenvalue weighted by Crippen LogP contribution is 2.11. The number of aliphatic hydroxyl groups is 1. The van der Waals surface area contributed by atoms with Crippen LogP contribution in [0.25, 0.3) is 0 Å². The second kappa shape index (κ2) is 48.0. The van der Waals surface area contributed by atoms with Gasteiger partial charge in [0.15, 0.2) is 0 Å². The van der Waals surface area contributed by atoms with E-state index < -0.39 is 11.9 Å². The van der Waals surface area contributed by atoms with Gasteiger partial charge in [0.05, 0.1) is 6.10 Å². The first-order valence-electron chi connectivity index (χ1n) is 19.8. The van der Waals surface area contributed by atoms with E-state index >= 15 is 0 Å². The number of unbranched alkanes of at least 4 members (excludes halogenated alkanes) is 18. The topological polar surface area (TPSA) is 112 Å². The normalized spacial score (nSPS) is 10.3. The Balaban J connectivity index is -0.000000260. The van der Waals surface area contributed by atoms with Crippen LogP contribution in [0.15, 0.2) is 0 Å². The number of rotatable bonds is 30. The van der Waals surface area contributed by atoms with E-state index in [2.05, 4.69) is 41.5 Å². The lowest BCUT2D eigenvalue weighted by Crippen LogP contribution is -2.05. The molecule has 0 unspecified atom stereocenters. The Bertz CT molecular complexity index is 570. The van der Waals surface area contributed by atoms with E-state index in [1.807, 2.05) is 0 Å². The Morgan fingerprint density at radius 2 is 0.609 bits per heavy atom. The zero-order valence-electron chi connectivity index (χ0n) is 31.9. The van der Waals surface area contributed by atoms with Crippen LogP contribution in [0.3, 0.4) is 0 Å². The molecular weight excluding hydrogens is 576 g/mol. The Morgan fingerprint density at radius 3 is 0.935 bits per heavy atom. The van der Waals surface area contributed by atoms with Crippen molar-refractivity contribution in [3.63, 3.8) is 0 Å². The van der Waals surface area contributed by atoms with Crippen LogP contribution < -0.4 is 0 Å². The fraction of sp³-hybridized carbons (Fsp3) is 0.925. The van der Waals surface area contributed by atoms with Gasteiger partial charge in [0.2, 0.25) is 0 Å². The van der Waals surface area contributed by atoms with Crippen LogP contribution >= 0.6 is 0 Å². The highest BCUT2D eigenvalue weighted by Gasteiger charge is 2.02. The lowest BCUT2D eigenvalue weighted by Gasteiger charge is -2.08. The molecule has 0 aromatic rings. The van der Waals surface area contributed by atoms with Gasteiger partial charge >= 0.3 is 11.9 Å². The van der Waals surface area contributed by atoms with Crippen LogP contribution in [-0.4, -0.2) is 39.1 Å². The third-order valence-corrected chi connectivity index (χ3v) is 7.89. The molecule has 3 N–H and O–H groups in total. The van der Waals surface area contributed by atoms with Crippen LogP contribution in [0, 0.1) is 0 Å². The molecule has 0 rings (SSSR count). The Labute approximate surface area is 287 Å². The summed E-state index contributed by atoms with van der Waals surface area (Å²) in [6.45, 7) is 13.0. The molecule has 0 bridgehead atoms. The molecule has 6 nitrogen and oxygen atoms in total. The highest BCUT2D eigenvalue weighted by atomic mass is 16.4. The zero-order valence-corrected chi connectivity index (χ0v) is 31.9. The summed E-state index contributed by atoms with van der Waals surface area (Å²) in [5.74, 6) is -0.872. The van der Waals surface area contributed by atoms with Crippen LogP contribution in [0.5, 0.6) is 0 Å². The molecule has 0 saturated carbocycles. The van der Waals surface area contributed by atoms with Crippen molar-refractivity contribution in [2.75, 3.05) is 0 Å². The van der Waals surface area contributed by atoms with Gasteiger partial charge < -0.3 is 15.3 Å². The molecule has 0 spiro atoms. The van der Waals surface area contributed by atoms with E-state index in [9.17, 15) is 19.5 Å². The zero-order chi connectivity index (χ0) is 35.5. The van der Waals surface area contributed by atoms with Crippen molar-refractivity contribution >= 4 is 17.7 Å². The first-order valence-corrected chi connectivity index (χ1v) is 19.8. The number of carboxylic acid groups (broad SMARTS) is 2. The summed E-state index contributed by atoms with van der Waals surface area (Å²) in [5.41, 5.74) is 0. The van der Waals surface area contributed by atoms with Crippen LogP contribution in [0.1, 0.15) is 234 Å². The Hall–Kier alpha value is -1.43. The third-order valence-electron chi connectivity index (χ3n) is 7.89. The average Bonchev–Trinajstić information content (AvgIpc) is 3.02. The largest absolute Gasteiger partial charge is 0.481 e. The predicted octanol–water partition coefficient (Wildman–Crippen LogP) is 12.9. The molecule has 0 radical (unpaired) electrons. The molecule has 0 aliphatic rings. The fourth-order valence-corrected chi connectivity index (χ4v) is 4.79. The molecule has 0 aliphatic heterocycles. The van der Waals surface area contributed by atoms with E-state index in [0.29, 0.717) is 18.6 Å². The molecule has 46 heavy (non-hydrogen) atoms. The molecule has 0 heterocycles. The molecule has 0 atom stereocenters. The van der Waals surface area contributed by atoms with Gasteiger partial charge in [-0.25, -0.2) is 0 Å². The Morgan fingerprint density at radius 1 is 0.370 bits per heavy atom. The molecule has 0 saturated heterocycles. The summed E-state index contributed by atoms with van der Waals surface area (Å²) in [6.07, 6.45) is 32.9. The van der Waals surface area contributed by atoms with E-state index in [1.165, 1.54) is 109 Å². The van der Waals surface area contributed by atoms with Crippen molar-refractivity contribution in [1.29, 1.82) is 0 Å². The average molecular weight is 659 g/mol. The van der Waals surface area contributed by atoms with E-state index in [-0.39, 0.29) is 6.10 Å². The number of ketones is 1. The van der Waals surface area contributed by atoms with E-state index in [0.717, 1.165) is 70.6 Å². The third kappa shape index (κ3) is 61.6. The molecule has 0 fully saturated rings. The molecule has 0 aromatic heterocycles. The lowest BCUT2D eigenvalue weighted by atomic mass is 10.0. The summed E-state index contributed by atoms with van der Waals surface area (Å²) >= 11 is 0. The maximum absolute atomic E-state index is 11.2. The van der Waals surface area contributed by atoms with Crippen molar-refractivity contribution in [1.82, 2.24) is 0 Å². The number of carboxylic acids is 2. The SMILES string of the molecule is CCCCCC(=O)CCCCC.CCCCCC(=O)O.CCCCCC(O)CCCCC.CCCCCCCCCCCC(=O)O. The number of hydrogen-bond donors (Lipinski definition) is 3. The van der Waals surface area contributed by atoms with Gasteiger partial charge in [-0.3, -0.25) is 14.4 Å². The number of Topliss-reactive ketones (excluding diaryl/α,β-unsaturated/α-hetero) is 1. The molecule has 0 amide bonds. The summed E-state index contributed by atoms with van der Waals surface area (Å²) < 4.78 is 0. The van der Waals surface area contributed by atoms with Gasteiger partial charge in [-0.05, 0) is 38.5 Å². The highest BCUT2D eigenvalue weighted by molar-refractivity contribution is 5.78. The number of hydrogen-bond acceptors (Lipinski definition) is 4. The molecule has 0 aromatic carbocycles. The lowest BCUT2D eigenvalue weighted by molar-refractivity contribution is -0.138. The first kappa shape index (κ1) is 51.4. The van der Waals surface area contributed by atoms with Crippen molar-refractivity contribution in [3.05, 3.63) is 0 Å². The minimum absolute atomic E-state index is 0.0249. The van der Waals surface area contributed by atoms with Crippen LogP contribution in [-0.2, 0) is 14.4 Å². The van der Waals surface area contributed by atoms with Gasteiger partial charge in [0.1, 0.15) is 5.78 Å². The van der Waals surface area contributed by atoms with Gasteiger partial charge in [-0.2, -0.15) is 0 Å². The number of aliphatic carboxylic acids is 2. The number of carbonyl (C=O) groups excluding carboxylic acids is 1. The quantitative estimate of drug-likeness (QED) is 0.0662. The van der Waals surface area contributed by atoms with Gasteiger partial charge in [-0.15, -0.1) is 0 Å². The molecule has 0 aliphatic carbocycles. The van der Waals surface area contributed by atoms with E-state index in [1.54, 1.807) is 0 Å². The maximum atomic E-state index is 11.2. The second-order valence-electron chi connectivity index (χ2n) is 12.9. The first-order chi connectivity index (χ1) is 22.2. The van der Waals surface area contributed by atoms with Crippen molar-refractivity contribution in [2.45, 2.75) is 240 Å². The number of carbonyl (C=O) groups is 3. The van der Waals surface area contributed by atoms with Gasteiger partial charge in [0, 0.05) is 25.7 Å². The van der Waals surface area contributed by atoms with E-state index in [4.69, 9.17) is 10.2 Å². The minimum atomic E-state index is -0.682. The Kier molecular flexibility index (Phi) is 53.6. The van der Waals surface area contributed by atoms with Crippen molar-refractivity contribution < 1.29 is 29.7 Å². The molecule has 278 valence electrons. The van der Waals surface area contributed by atoms with Crippen molar-refractivity contribution in [3.8, 4) is 0 Å². The fourth-order valence-electron chi connectivity index (χ4n) is 4.79. The summed E-state index contributed by atoms with van der Waals surface area (Å²) in [5, 5.41) is 26.1. The van der Waals surface area contributed by atoms with Crippen LogP contribution in [0.2, 0.25) is 0 Å². The van der Waals surface area contributed by atoms with Crippen molar-refractivity contribution in [2.24, 2.45) is 0 Å². The maximum Gasteiger partial charge on any atom is 0.303 e. The predicted molar refractivity (Wildman–Crippen MR) is 199 cm³/mol. The molecule has 6 heteroatoms. The monoisotopic (exact) mass is 659 g/mol. The van der Waals surface area contributed by atoms with Crippen LogP contribution in [0.4, 0.5) is 0 Å². The smallest absolute Gasteiger partial charge is 0.303 e.